The summed E-state index contributed by atoms with van der Waals surface area (Å²) in [6.07, 6.45) is 0. The summed E-state index contributed by atoms with van der Waals surface area (Å²) in [5, 5.41) is 12.7. The largest absolute Gasteiger partial charge is 0.480 e. The van der Waals surface area contributed by atoms with Gasteiger partial charge >= 0.3 is 12.0 Å². The van der Waals surface area contributed by atoms with Gasteiger partial charge in [0.05, 0.1) is 37.9 Å². The lowest BCUT2D eigenvalue weighted by Crippen LogP contribution is -2.49. The monoisotopic (exact) mass is 489 g/mol. The quantitative estimate of drug-likeness (QED) is 0.626. The van der Waals surface area contributed by atoms with Crippen molar-refractivity contribution in [1.29, 1.82) is 0 Å². The number of nitrogens with one attached hydrogen (secondary N) is 1. The molecule has 7 nitrogen and oxygen atoms in total. The Morgan fingerprint density at radius 2 is 1.50 bits per heavy atom. The van der Waals surface area contributed by atoms with Gasteiger partial charge in [-0.25, -0.2) is 9.59 Å². The molecule has 158 valence electrons. The van der Waals surface area contributed by atoms with E-state index in [0.717, 1.165) is 0 Å². The second-order valence-corrected chi connectivity index (χ2v) is 8.04. The normalized spacial score (nSPS) is 14.7. The van der Waals surface area contributed by atoms with Gasteiger partial charge in [-0.05, 0) is 24.3 Å². The second kappa shape index (κ2) is 9.31. The van der Waals surface area contributed by atoms with Gasteiger partial charge in [0, 0.05) is 13.1 Å². The molecule has 3 rings (SSSR count). The van der Waals surface area contributed by atoms with Gasteiger partial charge in [-0.1, -0.05) is 58.5 Å². The summed E-state index contributed by atoms with van der Waals surface area (Å²) in [4.78, 5) is 39.7. The fraction of sp³-hybridized carbons (Fsp3) is 0.211. The Morgan fingerprint density at radius 1 is 0.967 bits per heavy atom. The number of carboxylic acids is 1. The molecule has 0 aromatic heterocycles. The molecule has 0 radical (unpaired) electrons. The molecule has 1 aliphatic heterocycles. The van der Waals surface area contributed by atoms with E-state index in [1.807, 2.05) is 0 Å². The zero-order chi connectivity index (χ0) is 22.0. The number of amides is 3. The predicted octanol–water partition coefficient (Wildman–Crippen LogP) is 4.43. The molecule has 11 heteroatoms. The van der Waals surface area contributed by atoms with Crippen LogP contribution in [-0.4, -0.2) is 53.6 Å². The van der Waals surface area contributed by atoms with Crippen LogP contribution in [0.4, 0.5) is 10.5 Å². The average Bonchev–Trinajstić information content (AvgIpc) is 3.01. The van der Waals surface area contributed by atoms with Crippen LogP contribution in [0.2, 0.25) is 20.1 Å². The van der Waals surface area contributed by atoms with Crippen molar-refractivity contribution in [3.8, 4) is 0 Å². The Kier molecular flexibility index (Phi) is 6.98. The number of rotatable bonds is 6. The Hall–Kier alpha value is -2.19. The Balaban J connectivity index is 1.76. The van der Waals surface area contributed by atoms with Crippen LogP contribution >= 0.6 is 46.4 Å². The fourth-order valence-corrected chi connectivity index (χ4v) is 4.23. The summed E-state index contributed by atoms with van der Waals surface area (Å²) in [5.41, 5.74) is 0.316. The van der Waals surface area contributed by atoms with Gasteiger partial charge in [-0.3, -0.25) is 9.69 Å². The van der Waals surface area contributed by atoms with Crippen LogP contribution in [-0.2, 0) is 4.79 Å². The van der Waals surface area contributed by atoms with Crippen molar-refractivity contribution in [2.24, 2.45) is 0 Å². The maximum absolute atomic E-state index is 12.8. The maximum atomic E-state index is 12.8. The van der Waals surface area contributed by atoms with Crippen molar-refractivity contribution >= 4 is 70.0 Å². The van der Waals surface area contributed by atoms with E-state index in [2.05, 4.69) is 5.32 Å². The van der Waals surface area contributed by atoms with E-state index in [0.29, 0.717) is 15.7 Å². The number of carbonyl (C=O) groups is 3. The first-order chi connectivity index (χ1) is 14.2. The number of hydrogen-bond donors (Lipinski definition) is 2. The molecule has 2 aromatic carbocycles. The van der Waals surface area contributed by atoms with Crippen molar-refractivity contribution in [2.75, 3.05) is 24.5 Å². The minimum atomic E-state index is -1.38. The predicted molar refractivity (Wildman–Crippen MR) is 116 cm³/mol. The van der Waals surface area contributed by atoms with Crippen LogP contribution < -0.4 is 10.2 Å². The van der Waals surface area contributed by atoms with Crippen molar-refractivity contribution in [2.45, 2.75) is 6.04 Å². The van der Waals surface area contributed by atoms with Gasteiger partial charge in [0.25, 0.3) is 5.91 Å². The topological polar surface area (TPSA) is 90.0 Å². The van der Waals surface area contributed by atoms with Crippen LogP contribution in [0.25, 0.3) is 0 Å². The molecule has 3 amide bonds. The van der Waals surface area contributed by atoms with Crippen LogP contribution in [0, 0.1) is 0 Å². The van der Waals surface area contributed by atoms with Gasteiger partial charge in [-0.15, -0.1) is 0 Å². The highest BCUT2D eigenvalue weighted by molar-refractivity contribution is 6.40. The molecule has 2 aromatic rings. The van der Waals surface area contributed by atoms with E-state index in [9.17, 15) is 19.5 Å². The second-order valence-electron chi connectivity index (χ2n) is 6.41. The first-order valence-corrected chi connectivity index (χ1v) is 10.2. The van der Waals surface area contributed by atoms with E-state index in [1.54, 1.807) is 24.3 Å². The van der Waals surface area contributed by atoms with Crippen molar-refractivity contribution < 1.29 is 19.5 Å². The Bertz CT molecular complexity index is 977. The van der Waals surface area contributed by atoms with E-state index in [1.165, 1.54) is 21.9 Å². The molecule has 1 saturated heterocycles. The highest BCUT2D eigenvalue weighted by atomic mass is 35.5. The van der Waals surface area contributed by atoms with E-state index >= 15 is 0 Å². The highest BCUT2D eigenvalue weighted by Gasteiger charge is 2.35. The van der Waals surface area contributed by atoms with Crippen LogP contribution in [0.5, 0.6) is 0 Å². The first-order valence-electron chi connectivity index (χ1n) is 8.69. The third-order valence-electron chi connectivity index (χ3n) is 4.50. The van der Waals surface area contributed by atoms with Crippen LogP contribution in [0.1, 0.15) is 10.4 Å². The lowest BCUT2D eigenvalue weighted by atomic mass is 10.2. The molecule has 30 heavy (non-hydrogen) atoms. The molecule has 0 aliphatic carbocycles. The molecule has 0 saturated carbocycles. The zero-order valence-electron chi connectivity index (χ0n) is 15.2. The lowest BCUT2D eigenvalue weighted by molar-refractivity contribution is -0.139. The summed E-state index contributed by atoms with van der Waals surface area (Å²) in [5.74, 6) is -2.07. The summed E-state index contributed by atoms with van der Waals surface area (Å²) in [6.45, 7) is 0.229. The molecule has 0 bridgehead atoms. The van der Waals surface area contributed by atoms with Gasteiger partial charge in [-0.2, -0.15) is 0 Å². The van der Waals surface area contributed by atoms with E-state index < -0.39 is 23.9 Å². The number of benzene rings is 2. The van der Waals surface area contributed by atoms with Gasteiger partial charge in [0.2, 0.25) is 0 Å². The highest BCUT2D eigenvalue weighted by Crippen LogP contribution is 2.35. The van der Waals surface area contributed by atoms with Gasteiger partial charge in [0.15, 0.2) is 0 Å². The molecule has 1 unspecified atom stereocenters. The average molecular weight is 491 g/mol. The minimum absolute atomic E-state index is 0.0377. The summed E-state index contributed by atoms with van der Waals surface area (Å²) >= 11 is 24.4. The van der Waals surface area contributed by atoms with Gasteiger partial charge in [0.1, 0.15) is 6.04 Å². The third kappa shape index (κ3) is 4.59. The molecule has 1 aliphatic rings. The van der Waals surface area contributed by atoms with E-state index in [-0.39, 0.29) is 35.2 Å². The number of aliphatic carboxylic acids is 1. The summed E-state index contributed by atoms with van der Waals surface area (Å²) in [7, 11) is 0. The number of carboxylic acid groups (broad SMARTS) is 1. The summed E-state index contributed by atoms with van der Waals surface area (Å²) < 4.78 is 0. The SMILES string of the molecule is O=C(NC(CN1CCN(c2c(Cl)cccc2Cl)C1=O)C(=O)O)c1c(Cl)cccc1Cl. The Morgan fingerprint density at radius 3 is 2.03 bits per heavy atom. The third-order valence-corrected chi connectivity index (χ3v) is 5.74. The minimum Gasteiger partial charge on any atom is -0.480 e. The molecular formula is C19H15Cl4N3O4. The molecular weight excluding hydrogens is 476 g/mol. The lowest BCUT2D eigenvalue weighted by Gasteiger charge is -2.23. The molecule has 2 N–H and O–H groups in total. The van der Waals surface area contributed by atoms with Crippen LogP contribution in [0.15, 0.2) is 36.4 Å². The van der Waals surface area contributed by atoms with Crippen molar-refractivity contribution in [3.63, 3.8) is 0 Å². The number of halogens is 4. The number of para-hydroxylation sites is 1. The van der Waals surface area contributed by atoms with Gasteiger partial charge < -0.3 is 15.3 Å². The number of hydrogen-bond acceptors (Lipinski definition) is 3. The zero-order valence-corrected chi connectivity index (χ0v) is 18.3. The van der Waals surface area contributed by atoms with E-state index in [4.69, 9.17) is 46.4 Å². The number of urea groups is 1. The van der Waals surface area contributed by atoms with Crippen molar-refractivity contribution in [1.82, 2.24) is 10.2 Å². The number of nitrogens with zero attached hydrogens (tertiary/aromatic N) is 2. The smallest absolute Gasteiger partial charge is 0.328 e. The maximum Gasteiger partial charge on any atom is 0.328 e. The Labute approximate surface area is 192 Å². The number of carbonyl (C=O) groups excluding carboxylic acids is 2. The summed E-state index contributed by atoms with van der Waals surface area (Å²) in [6, 6.07) is 7.51. The first kappa shape index (κ1) is 22.5. The fourth-order valence-electron chi connectivity index (χ4n) is 3.06. The van der Waals surface area contributed by atoms with Crippen LogP contribution in [0.3, 0.4) is 0 Å². The van der Waals surface area contributed by atoms with Crippen molar-refractivity contribution in [3.05, 3.63) is 62.1 Å². The number of anilines is 1. The molecule has 1 fully saturated rings. The molecule has 1 heterocycles. The standard InChI is InChI=1S/C19H15Cl4N3O4/c20-10-3-1-4-11(21)15(10)17(27)24-14(18(28)29)9-25-7-8-26(19(25)30)16-12(22)5-2-6-13(16)23/h1-6,14H,7-9H2,(H,24,27)(H,28,29). The molecule has 0 spiro atoms. The molecule has 1 atom stereocenters.